The van der Waals surface area contributed by atoms with E-state index in [0.29, 0.717) is 25.3 Å². The monoisotopic (exact) mass is 344 g/mol. The minimum atomic E-state index is -1.04. The highest BCUT2D eigenvalue weighted by Crippen LogP contribution is 2.16. The van der Waals surface area contributed by atoms with Crippen molar-refractivity contribution in [1.82, 2.24) is 20.9 Å². The largest absolute Gasteiger partial charge is 0.480 e. The highest BCUT2D eigenvalue weighted by Gasteiger charge is 2.34. The lowest BCUT2D eigenvalue weighted by molar-refractivity contribution is -0.139. The summed E-state index contributed by atoms with van der Waals surface area (Å²) < 4.78 is 0.739. The summed E-state index contributed by atoms with van der Waals surface area (Å²) in [4.78, 5) is 26.1. The smallest absolute Gasteiger partial charge is 0.326 e. The molecule has 1 aromatic heterocycles. The highest BCUT2D eigenvalue weighted by molar-refractivity contribution is 9.10. The van der Waals surface area contributed by atoms with E-state index in [1.807, 2.05) is 6.92 Å². The van der Waals surface area contributed by atoms with Crippen molar-refractivity contribution in [2.75, 3.05) is 13.2 Å². The number of rotatable bonds is 5. The molecule has 2 heterocycles. The molecule has 0 bridgehead atoms. The van der Waals surface area contributed by atoms with Gasteiger partial charge in [-0.1, -0.05) is 0 Å². The molecule has 5 N–H and O–H groups in total. The van der Waals surface area contributed by atoms with Gasteiger partial charge >= 0.3 is 5.97 Å². The molecule has 1 unspecified atom stereocenters. The first-order chi connectivity index (χ1) is 9.39. The second kappa shape index (κ2) is 5.94. The van der Waals surface area contributed by atoms with Crippen LogP contribution in [0.4, 0.5) is 0 Å². The molecule has 1 aliphatic heterocycles. The molecule has 110 valence electrons. The van der Waals surface area contributed by atoms with E-state index in [9.17, 15) is 14.7 Å². The number of hydrogen-bond acceptors (Lipinski definition) is 4. The lowest BCUT2D eigenvalue weighted by Crippen LogP contribution is -2.50. The molecule has 0 aromatic carbocycles. The minimum absolute atomic E-state index is 0.308. The molecule has 1 fully saturated rings. The van der Waals surface area contributed by atoms with Gasteiger partial charge < -0.3 is 20.7 Å². The van der Waals surface area contributed by atoms with Gasteiger partial charge in [-0.2, -0.15) is 0 Å². The maximum Gasteiger partial charge on any atom is 0.326 e. The Bertz CT molecular complexity index is 511. The summed E-state index contributed by atoms with van der Waals surface area (Å²) in [5.74, 6) is -1.48. The second-order valence-electron chi connectivity index (χ2n) is 5.14. The lowest BCUT2D eigenvalue weighted by atomic mass is 9.94. The third-order valence-corrected chi connectivity index (χ3v) is 3.76. The van der Waals surface area contributed by atoms with Crippen LogP contribution in [0.5, 0.6) is 0 Å². The number of aromatic amines is 1. The summed E-state index contributed by atoms with van der Waals surface area (Å²) in [6.07, 6.45) is 1.93. The molecule has 7 nitrogen and oxygen atoms in total. The van der Waals surface area contributed by atoms with E-state index in [2.05, 4.69) is 36.9 Å². The Morgan fingerprint density at radius 2 is 2.35 bits per heavy atom. The van der Waals surface area contributed by atoms with Gasteiger partial charge in [0.25, 0.3) is 5.91 Å². The van der Waals surface area contributed by atoms with Crippen molar-refractivity contribution in [3.63, 3.8) is 0 Å². The van der Waals surface area contributed by atoms with Crippen molar-refractivity contribution in [1.29, 1.82) is 0 Å². The number of carbonyl (C=O) groups is 2. The highest BCUT2D eigenvalue weighted by atomic mass is 79.9. The number of carboxylic acid groups (broad SMARTS) is 1. The third-order valence-electron chi connectivity index (χ3n) is 3.31. The number of carboxylic acids is 1. The van der Waals surface area contributed by atoms with E-state index in [-0.39, 0.29) is 5.54 Å². The molecule has 1 aromatic rings. The van der Waals surface area contributed by atoms with Gasteiger partial charge in [0.1, 0.15) is 11.7 Å². The summed E-state index contributed by atoms with van der Waals surface area (Å²) in [6, 6.07) is 0.660. The normalized spacial score (nSPS) is 23.5. The number of aromatic nitrogens is 1. The van der Waals surface area contributed by atoms with Gasteiger partial charge in [-0.25, -0.2) is 4.79 Å². The fourth-order valence-corrected chi connectivity index (χ4v) is 2.55. The third kappa shape index (κ3) is 3.59. The fourth-order valence-electron chi connectivity index (χ4n) is 2.21. The first-order valence-corrected chi connectivity index (χ1v) is 7.02. The fraction of sp³-hybridized carbons (Fsp3) is 0.500. The SMILES string of the molecule is CC1(C[C@H](NC(=O)c2cc(Br)c[nH]2)C(=O)O)CNCN1. The zero-order chi connectivity index (χ0) is 14.8. The van der Waals surface area contributed by atoms with Crippen LogP contribution in [-0.2, 0) is 4.79 Å². The number of amides is 1. The number of hydrogen-bond donors (Lipinski definition) is 5. The predicted molar refractivity (Wildman–Crippen MR) is 76.4 cm³/mol. The summed E-state index contributed by atoms with van der Waals surface area (Å²) in [7, 11) is 0. The van der Waals surface area contributed by atoms with Gasteiger partial charge in [-0.3, -0.25) is 10.1 Å². The molecule has 1 amide bonds. The number of nitrogens with one attached hydrogen (secondary N) is 4. The molecule has 1 saturated heterocycles. The molecule has 0 aliphatic carbocycles. The Balaban J connectivity index is 2.02. The Morgan fingerprint density at radius 1 is 1.60 bits per heavy atom. The van der Waals surface area contributed by atoms with E-state index in [4.69, 9.17) is 0 Å². The van der Waals surface area contributed by atoms with E-state index in [1.165, 1.54) is 0 Å². The molecule has 2 atom stereocenters. The molecule has 1 aliphatic rings. The molecule has 2 rings (SSSR count). The average molecular weight is 345 g/mol. The van der Waals surface area contributed by atoms with Crippen LogP contribution in [0.3, 0.4) is 0 Å². The Kier molecular flexibility index (Phi) is 4.46. The summed E-state index contributed by atoms with van der Waals surface area (Å²) in [5.41, 5.74) is -0.0158. The number of halogens is 1. The van der Waals surface area contributed by atoms with Crippen molar-refractivity contribution in [2.24, 2.45) is 0 Å². The minimum Gasteiger partial charge on any atom is -0.480 e. The van der Waals surface area contributed by atoms with Gasteiger partial charge in [-0.15, -0.1) is 0 Å². The molecular formula is C12H17BrN4O3. The van der Waals surface area contributed by atoms with Crippen molar-refractivity contribution in [2.45, 2.75) is 24.9 Å². The van der Waals surface area contributed by atoms with Crippen LogP contribution in [0.2, 0.25) is 0 Å². The van der Waals surface area contributed by atoms with Gasteiger partial charge in [0.05, 0.1) is 0 Å². The maximum absolute atomic E-state index is 12.0. The Hall–Kier alpha value is -1.38. The molecule has 0 radical (unpaired) electrons. The zero-order valence-electron chi connectivity index (χ0n) is 11.0. The zero-order valence-corrected chi connectivity index (χ0v) is 12.6. The van der Waals surface area contributed by atoms with Crippen LogP contribution in [-0.4, -0.2) is 46.8 Å². The van der Waals surface area contributed by atoms with Crippen LogP contribution in [0.15, 0.2) is 16.7 Å². The van der Waals surface area contributed by atoms with E-state index in [0.717, 1.165) is 4.47 Å². The van der Waals surface area contributed by atoms with E-state index < -0.39 is 17.9 Å². The van der Waals surface area contributed by atoms with Crippen LogP contribution >= 0.6 is 15.9 Å². The van der Waals surface area contributed by atoms with Crippen molar-refractivity contribution >= 4 is 27.8 Å². The predicted octanol–water partition coefficient (Wildman–Crippen LogP) is 0.259. The first-order valence-electron chi connectivity index (χ1n) is 6.23. The molecule has 0 saturated carbocycles. The maximum atomic E-state index is 12.0. The van der Waals surface area contributed by atoms with Gasteiger partial charge in [-0.05, 0) is 35.3 Å². The standard InChI is InChI=1S/C12H17BrN4O3/c1-12(5-14-6-16-12)3-9(11(19)20)17-10(18)8-2-7(13)4-15-8/h2,4,9,14-16H,3,5-6H2,1H3,(H,17,18)(H,19,20)/t9-,12?/m0/s1. The van der Waals surface area contributed by atoms with Gasteiger partial charge in [0.15, 0.2) is 0 Å². The van der Waals surface area contributed by atoms with Gasteiger partial charge in [0, 0.05) is 29.4 Å². The van der Waals surface area contributed by atoms with Gasteiger partial charge in [0.2, 0.25) is 0 Å². The van der Waals surface area contributed by atoms with Crippen molar-refractivity contribution in [3.8, 4) is 0 Å². The van der Waals surface area contributed by atoms with Crippen molar-refractivity contribution < 1.29 is 14.7 Å². The Labute approximate surface area is 124 Å². The summed E-state index contributed by atoms with van der Waals surface area (Å²) in [5, 5.41) is 18.1. The number of H-pyrrole nitrogens is 1. The lowest BCUT2D eigenvalue weighted by Gasteiger charge is -2.27. The van der Waals surface area contributed by atoms with Crippen LogP contribution < -0.4 is 16.0 Å². The Morgan fingerprint density at radius 3 is 2.85 bits per heavy atom. The number of aliphatic carboxylic acids is 1. The molecular weight excluding hydrogens is 328 g/mol. The van der Waals surface area contributed by atoms with E-state index in [1.54, 1.807) is 12.3 Å². The second-order valence-corrected chi connectivity index (χ2v) is 6.06. The van der Waals surface area contributed by atoms with Crippen LogP contribution in [0, 0.1) is 0 Å². The van der Waals surface area contributed by atoms with Crippen LogP contribution in [0.25, 0.3) is 0 Å². The number of carbonyl (C=O) groups excluding carboxylic acids is 1. The van der Waals surface area contributed by atoms with E-state index >= 15 is 0 Å². The molecule has 8 heteroatoms. The summed E-state index contributed by atoms with van der Waals surface area (Å²) >= 11 is 3.23. The van der Waals surface area contributed by atoms with Crippen molar-refractivity contribution in [3.05, 3.63) is 22.4 Å². The molecule has 0 spiro atoms. The molecule has 20 heavy (non-hydrogen) atoms. The summed E-state index contributed by atoms with van der Waals surface area (Å²) in [6.45, 7) is 3.24. The average Bonchev–Trinajstić information content (AvgIpc) is 2.97. The quantitative estimate of drug-likeness (QED) is 0.526. The first kappa shape index (κ1) is 15.0. The van der Waals surface area contributed by atoms with Crippen LogP contribution in [0.1, 0.15) is 23.8 Å². The topological polar surface area (TPSA) is 106 Å².